The van der Waals surface area contributed by atoms with Crippen LogP contribution in [0, 0.1) is 5.92 Å². The van der Waals surface area contributed by atoms with Crippen LogP contribution in [0.25, 0.3) is 22.6 Å². The predicted molar refractivity (Wildman–Crippen MR) is 135 cm³/mol. The van der Waals surface area contributed by atoms with E-state index in [0.717, 1.165) is 52.2 Å². The van der Waals surface area contributed by atoms with Crippen molar-refractivity contribution in [3.05, 3.63) is 78.0 Å². The van der Waals surface area contributed by atoms with E-state index < -0.39 is 5.60 Å². The Morgan fingerprint density at radius 2 is 1.97 bits per heavy atom. The van der Waals surface area contributed by atoms with E-state index in [0.29, 0.717) is 18.4 Å². The Bertz CT molecular complexity index is 1530. The number of allylic oxidation sites excluding steroid dienone is 1. The van der Waals surface area contributed by atoms with Crippen LogP contribution in [0.15, 0.2) is 71.9 Å². The fraction of sp³-hybridized carbons (Fsp3) is 0.333. The number of nitrogens with one attached hydrogen (secondary N) is 1. The highest BCUT2D eigenvalue weighted by atomic mass is 16.5. The predicted octanol–water partition coefficient (Wildman–Crippen LogP) is 4.13. The largest absolute Gasteiger partial charge is 0.438 e. The maximum Gasteiger partial charge on any atom is 0.230 e. The maximum absolute atomic E-state index is 10.1. The Morgan fingerprint density at radius 1 is 1.11 bits per heavy atom. The summed E-state index contributed by atoms with van der Waals surface area (Å²) < 4.78 is 7.41. The highest BCUT2D eigenvalue weighted by Crippen LogP contribution is 2.52. The van der Waals surface area contributed by atoms with E-state index in [1.807, 2.05) is 30.7 Å². The van der Waals surface area contributed by atoms with E-state index in [1.54, 1.807) is 37.2 Å². The second-order valence-corrected chi connectivity index (χ2v) is 10.3. The Labute approximate surface area is 208 Å². The number of pyridine rings is 1. The second kappa shape index (κ2) is 8.26. The van der Waals surface area contributed by atoms with Crippen molar-refractivity contribution in [3.8, 4) is 11.4 Å². The lowest BCUT2D eigenvalue weighted by molar-refractivity contribution is 0.0577. The van der Waals surface area contributed by atoms with Crippen LogP contribution in [-0.2, 0) is 16.7 Å². The van der Waals surface area contributed by atoms with Gasteiger partial charge in [-0.25, -0.2) is 15.0 Å². The summed E-state index contributed by atoms with van der Waals surface area (Å²) in [5.41, 5.74) is 7.72. The van der Waals surface area contributed by atoms with Crippen molar-refractivity contribution in [3.63, 3.8) is 0 Å². The molecule has 4 aromatic heterocycles. The van der Waals surface area contributed by atoms with Crippen molar-refractivity contribution in [2.75, 3.05) is 0 Å². The van der Waals surface area contributed by atoms with Crippen LogP contribution >= 0.6 is 0 Å². The van der Waals surface area contributed by atoms with Gasteiger partial charge in [-0.3, -0.25) is 9.67 Å². The van der Waals surface area contributed by atoms with Crippen LogP contribution in [0.3, 0.4) is 0 Å². The molecule has 9 nitrogen and oxygen atoms in total. The molecule has 9 heteroatoms. The molecule has 5 heterocycles. The van der Waals surface area contributed by atoms with Crippen LogP contribution in [0.1, 0.15) is 44.7 Å². The molecule has 1 saturated carbocycles. The molecule has 0 unspecified atom stereocenters. The van der Waals surface area contributed by atoms with Crippen molar-refractivity contribution in [2.24, 2.45) is 10.9 Å². The molecule has 0 aromatic carbocycles. The third-order valence-corrected chi connectivity index (χ3v) is 6.78. The van der Waals surface area contributed by atoms with Crippen LogP contribution in [0.2, 0.25) is 0 Å². The van der Waals surface area contributed by atoms with E-state index in [4.69, 9.17) is 14.7 Å². The zero-order valence-corrected chi connectivity index (χ0v) is 20.4. The van der Waals surface area contributed by atoms with Crippen molar-refractivity contribution in [1.82, 2.24) is 29.7 Å². The van der Waals surface area contributed by atoms with Crippen molar-refractivity contribution < 1.29 is 9.84 Å². The monoisotopic (exact) mass is 481 g/mol. The average molecular weight is 482 g/mol. The first-order chi connectivity index (χ1) is 17.3. The topological polar surface area (TPSA) is 114 Å². The van der Waals surface area contributed by atoms with Gasteiger partial charge in [-0.1, -0.05) is 11.8 Å². The Hall–Kier alpha value is -4.07. The van der Waals surface area contributed by atoms with E-state index in [9.17, 15) is 5.11 Å². The number of hydrogen-bond acceptors (Lipinski definition) is 7. The summed E-state index contributed by atoms with van der Waals surface area (Å²) in [7, 11) is 0. The zero-order valence-electron chi connectivity index (χ0n) is 20.4. The summed E-state index contributed by atoms with van der Waals surface area (Å²) in [5.74, 6) is 0.912. The van der Waals surface area contributed by atoms with Gasteiger partial charge in [0.15, 0.2) is 5.65 Å². The van der Waals surface area contributed by atoms with Gasteiger partial charge in [0, 0.05) is 24.0 Å². The summed E-state index contributed by atoms with van der Waals surface area (Å²) in [6, 6.07) is 6.00. The smallest absolute Gasteiger partial charge is 0.230 e. The first-order valence-corrected chi connectivity index (χ1v) is 12.0. The summed E-state index contributed by atoms with van der Waals surface area (Å²) in [6.07, 6.45) is 12.8. The van der Waals surface area contributed by atoms with E-state index in [2.05, 4.69) is 38.8 Å². The normalized spacial score (nSPS) is 17.4. The molecule has 182 valence electrons. The van der Waals surface area contributed by atoms with Crippen molar-refractivity contribution >= 4 is 17.1 Å². The summed E-state index contributed by atoms with van der Waals surface area (Å²) in [5, 5.41) is 14.5. The Morgan fingerprint density at radius 3 is 2.72 bits per heavy atom. The third kappa shape index (κ3) is 4.12. The average Bonchev–Trinajstić information content (AvgIpc) is 3.46. The highest BCUT2D eigenvalue weighted by molar-refractivity contribution is 5.95. The molecule has 2 aliphatic rings. The van der Waals surface area contributed by atoms with Gasteiger partial charge < -0.3 is 14.8 Å². The lowest BCUT2D eigenvalue weighted by Gasteiger charge is -2.30. The zero-order chi connectivity index (χ0) is 24.9. The molecule has 1 aliphatic heterocycles. The van der Waals surface area contributed by atoms with Crippen LogP contribution in [0.5, 0.6) is 0 Å². The SMILES string of the molecule is CC(C)(O)Cn1cc(C2=NC([C@@](C)(c3ccc(-c4cnc5[nH]ccc5n4)nc3)C3CC3)=C=CO2)cn1. The first-order valence-electron chi connectivity index (χ1n) is 12.0. The van der Waals surface area contributed by atoms with Crippen molar-refractivity contribution in [2.45, 2.75) is 51.2 Å². The third-order valence-electron chi connectivity index (χ3n) is 6.78. The number of ether oxygens (including phenoxy) is 1. The summed E-state index contributed by atoms with van der Waals surface area (Å²) in [4.78, 5) is 21.8. The molecule has 0 radical (unpaired) electrons. The van der Waals surface area contributed by atoms with Gasteiger partial charge in [0.05, 0.1) is 41.5 Å². The number of aliphatic imine (C=N–C) groups is 1. The van der Waals surface area contributed by atoms with Gasteiger partial charge >= 0.3 is 0 Å². The number of nitrogens with zero attached hydrogens (tertiary/aromatic N) is 6. The molecule has 1 atom stereocenters. The lowest BCUT2D eigenvalue weighted by Crippen LogP contribution is -2.28. The van der Waals surface area contributed by atoms with Gasteiger partial charge in [0.2, 0.25) is 5.90 Å². The van der Waals surface area contributed by atoms with Gasteiger partial charge in [-0.2, -0.15) is 5.10 Å². The standard InChI is InChI=1S/C27H27N7O2/c1-26(2,35)16-34-15-17(12-31-34)25-33-23(9-11-36-25)27(3,18-4-5-18)19-6-7-20(29-13-19)22-14-30-24-21(32-22)8-10-28-24/h6-8,10-15,18,35H,4-5,16H2,1-3H3,(H,28,30)/t27-/m1/s1. The number of aromatic amines is 1. The Kier molecular flexibility index (Phi) is 5.14. The molecule has 0 saturated heterocycles. The number of aromatic nitrogens is 6. The number of H-pyrrole nitrogens is 1. The van der Waals surface area contributed by atoms with E-state index in [-0.39, 0.29) is 5.41 Å². The molecule has 1 aliphatic carbocycles. The molecule has 1 fully saturated rings. The quantitative estimate of drug-likeness (QED) is 0.384. The van der Waals surface area contributed by atoms with Crippen molar-refractivity contribution in [1.29, 1.82) is 0 Å². The van der Waals surface area contributed by atoms with Gasteiger partial charge in [-0.15, -0.1) is 0 Å². The molecule has 6 rings (SSSR count). The van der Waals surface area contributed by atoms with Crippen LogP contribution < -0.4 is 0 Å². The van der Waals surface area contributed by atoms with Gasteiger partial charge in [0.1, 0.15) is 17.5 Å². The van der Waals surface area contributed by atoms with E-state index >= 15 is 0 Å². The lowest BCUT2D eigenvalue weighted by atomic mass is 9.75. The molecular formula is C27H27N7O2. The number of hydrogen-bond donors (Lipinski definition) is 2. The van der Waals surface area contributed by atoms with E-state index in [1.165, 1.54) is 0 Å². The molecule has 0 spiro atoms. The van der Waals surface area contributed by atoms with Gasteiger partial charge in [-0.05, 0) is 57.2 Å². The summed E-state index contributed by atoms with van der Waals surface area (Å²) in [6.45, 7) is 6.07. The van der Waals surface area contributed by atoms with Crippen LogP contribution in [0.4, 0.5) is 0 Å². The number of fused-ring (bicyclic) bond motifs is 1. The molecule has 36 heavy (non-hydrogen) atoms. The number of aliphatic hydroxyl groups is 1. The minimum absolute atomic E-state index is 0.365. The highest BCUT2D eigenvalue weighted by Gasteiger charge is 2.47. The molecule has 2 N–H and O–H groups in total. The fourth-order valence-corrected chi connectivity index (χ4v) is 4.69. The molecule has 0 bridgehead atoms. The minimum Gasteiger partial charge on any atom is -0.438 e. The molecule has 4 aromatic rings. The Balaban J connectivity index is 1.31. The molecule has 0 amide bonds. The summed E-state index contributed by atoms with van der Waals surface area (Å²) >= 11 is 0. The number of rotatable bonds is 7. The minimum atomic E-state index is -0.869. The molecular weight excluding hydrogens is 454 g/mol. The van der Waals surface area contributed by atoms with Gasteiger partial charge in [0.25, 0.3) is 0 Å². The second-order valence-electron chi connectivity index (χ2n) is 10.3. The fourth-order valence-electron chi connectivity index (χ4n) is 4.69. The first kappa shape index (κ1) is 22.4. The van der Waals surface area contributed by atoms with Crippen LogP contribution in [-0.4, -0.2) is 46.3 Å². The maximum atomic E-state index is 10.1.